The fourth-order valence-corrected chi connectivity index (χ4v) is 3.53. The van der Waals surface area contributed by atoms with Crippen LogP contribution in [0.5, 0.6) is 0 Å². The number of carbonyl (C=O) groups excluding carboxylic acids is 1. The summed E-state index contributed by atoms with van der Waals surface area (Å²) in [6.45, 7) is 4.56. The van der Waals surface area contributed by atoms with E-state index in [0.29, 0.717) is 30.7 Å². The van der Waals surface area contributed by atoms with E-state index >= 15 is 0 Å². The summed E-state index contributed by atoms with van der Waals surface area (Å²) in [6.07, 6.45) is 2.11. The molecule has 4 heterocycles. The van der Waals surface area contributed by atoms with Crippen LogP contribution in [0.25, 0.3) is 17.0 Å². The second-order valence-corrected chi connectivity index (χ2v) is 7.82. The number of amides is 1. The molecule has 3 N–H and O–H groups in total. The molecule has 1 aliphatic rings. The highest BCUT2D eigenvalue weighted by Crippen LogP contribution is 2.27. The van der Waals surface area contributed by atoms with Crippen molar-refractivity contribution in [3.05, 3.63) is 47.8 Å². The first-order valence-electron chi connectivity index (χ1n) is 10.1. The van der Waals surface area contributed by atoms with Gasteiger partial charge in [0, 0.05) is 30.4 Å². The first-order chi connectivity index (χ1) is 14.8. The highest BCUT2D eigenvalue weighted by Gasteiger charge is 2.26. The van der Waals surface area contributed by atoms with Crippen LogP contribution in [0.2, 0.25) is 0 Å². The third-order valence-electron chi connectivity index (χ3n) is 5.09. The summed E-state index contributed by atoms with van der Waals surface area (Å²) >= 11 is 0. The molecular weight excluding hydrogens is 409 g/mol. The number of aromatic nitrogens is 3. The fraction of sp³-hybridized carbons (Fsp3) is 0.381. The summed E-state index contributed by atoms with van der Waals surface area (Å²) in [7, 11) is 0. The quantitative estimate of drug-likeness (QED) is 0.578. The van der Waals surface area contributed by atoms with Gasteiger partial charge < -0.3 is 16.0 Å². The lowest BCUT2D eigenvalue weighted by Gasteiger charge is -2.28. The number of rotatable bonds is 5. The van der Waals surface area contributed by atoms with Crippen molar-refractivity contribution in [2.45, 2.75) is 38.5 Å². The van der Waals surface area contributed by atoms with Crippen molar-refractivity contribution in [2.24, 2.45) is 0 Å². The van der Waals surface area contributed by atoms with Crippen molar-refractivity contribution in [2.75, 3.05) is 18.4 Å². The first kappa shape index (κ1) is 21.1. The maximum Gasteiger partial charge on any atom is 0.251 e. The smallest absolute Gasteiger partial charge is 0.251 e. The van der Waals surface area contributed by atoms with Crippen molar-refractivity contribution in [3.63, 3.8) is 0 Å². The van der Waals surface area contributed by atoms with Gasteiger partial charge in [-0.3, -0.25) is 9.20 Å². The van der Waals surface area contributed by atoms with E-state index in [0.717, 1.165) is 6.07 Å². The highest BCUT2D eigenvalue weighted by atomic mass is 19.1. The number of carbonyl (C=O) groups is 1. The van der Waals surface area contributed by atoms with Gasteiger partial charge in [-0.15, -0.1) is 0 Å². The van der Waals surface area contributed by atoms with Gasteiger partial charge in [-0.2, -0.15) is 0 Å². The van der Waals surface area contributed by atoms with E-state index in [1.807, 2.05) is 13.8 Å². The van der Waals surface area contributed by atoms with E-state index in [9.17, 15) is 18.0 Å². The van der Waals surface area contributed by atoms with Gasteiger partial charge in [0.2, 0.25) is 0 Å². The molecule has 1 saturated heterocycles. The molecule has 0 radical (unpaired) electrons. The Morgan fingerprint density at radius 3 is 2.84 bits per heavy atom. The van der Waals surface area contributed by atoms with Crippen molar-refractivity contribution in [1.82, 2.24) is 25.0 Å². The Labute approximate surface area is 177 Å². The zero-order valence-electron chi connectivity index (χ0n) is 17.1. The van der Waals surface area contributed by atoms with Crippen LogP contribution in [0.15, 0.2) is 30.6 Å². The molecule has 0 aliphatic carbocycles. The van der Waals surface area contributed by atoms with E-state index < -0.39 is 23.8 Å². The Morgan fingerprint density at radius 1 is 1.29 bits per heavy atom. The van der Waals surface area contributed by atoms with Gasteiger partial charge in [0.25, 0.3) is 5.91 Å². The Kier molecular flexibility index (Phi) is 5.81. The Balaban J connectivity index is 1.68. The average Bonchev–Trinajstić information content (AvgIpc) is 3.14. The topological polar surface area (TPSA) is 83.4 Å². The minimum absolute atomic E-state index is 0.0225. The van der Waals surface area contributed by atoms with Gasteiger partial charge in [-0.25, -0.2) is 23.1 Å². The molecule has 0 spiro atoms. The molecule has 0 aromatic carbocycles. The van der Waals surface area contributed by atoms with E-state index in [2.05, 4.69) is 25.9 Å². The van der Waals surface area contributed by atoms with Gasteiger partial charge in [0.05, 0.1) is 17.9 Å². The van der Waals surface area contributed by atoms with E-state index in [1.54, 1.807) is 22.7 Å². The molecule has 3 aromatic rings. The number of fused-ring (bicyclic) bond motifs is 1. The largest absolute Gasteiger partial charge is 0.361 e. The zero-order valence-corrected chi connectivity index (χ0v) is 17.1. The maximum absolute atomic E-state index is 14.6. The second-order valence-electron chi connectivity index (χ2n) is 7.82. The molecule has 164 valence electrons. The number of pyridine rings is 2. The van der Waals surface area contributed by atoms with Crippen molar-refractivity contribution < 1.29 is 18.0 Å². The molecule has 7 nitrogen and oxygen atoms in total. The first-order valence-corrected chi connectivity index (χ1v) is 10.1. The van der Waals surface area contributed by atoms with E-state index in [-0.39, 0.29) is 29.2 Å². The number of nitrogens with one attached hydrogen (secondary N) is 3. The Bertz CT molecular complexity index is 1120. The fourth-order valence-electron chi connectivity index (χ4n) is 3.53. The second kappa shape index (κ2) is 8.54. The number of hydrogen-bond donors (Lipinski definition) is 3. The van der Waals surface area contributed by atoms with Crippen molar-refractivity contribution in [3.8, 4) is 11.4 Å². The Hall–Kier alpha value is -3.14. The van der Waals surface area contributed by atoms with Crippen LogP contribution in [-0.2, 0) is 0 Å². The third kappa shape index (κ3) is 4.34. The lowest BCUT2D eigenvalue weighted by atomic mass is 10.1. The number of nitrogens with zero attached hydrogens (tertiary/aromatic N) is 3. The third-order valence-corrected chi connectivity index (χ3v) is 5.09. The Morgan fingerprint density at radius 2 is 2.10 bits per heavy atom. The van der Waals surface area contributed by atoms with Crippen molar-refractivity contribution in [1.29, 1.82) is 0 Å². The van der Waals surface area contributed by atoms with Crippen LogP contribution < -0.4 is 16.0 Å². The average molecular weight is 432 g/mol. The molecule has 2 atom stereocenters. The molecule has 1 aliphatic heterocycles. The molecule has 1 fully saturated rings. The standard InChI is InChI=1S/C21H23F3N6O/c1-11(2)27-21(31)12-4-6-30-17(10-26-18(30)7-12)19-14(23)8-15(24)20(29-19)28-16-9-25-5-3-13(16)22/h4,6-8,10-11,13,16,25H,3,5,9H2,1-2H3,(H,27,31)(H,28,29)/t13-,16-/m1/s1. The summed E-state index contributed by atoms with van der Waals surface area (Å²) in [4.78, 5) is 20.5. The van der Waals surface area contributed by atoms with E-state index in [4.69, 9.17) is 0 Å². The van der Waals surface area contributed by atoms with E-state index in [1.165, 1.54) is 6.20 Å². The summed E-state index contributed by atoms with van der Waals surface area (Å²) in [5, 5.41) is 8.57. The summed E-state index contributed by atoms with van der Waals surface area (Å²) in [6, 6.07) is 3.18. The monoisotopic (exact) mass is 432 g/mol. The van der Waals surface area contributed by atoms with Gasteiger partial charge >= 0.3 is 0 Å². The minimum Gasteiger partial charge on any atom is -0.361 e. The lowest BCUT2D eigenvalue weighted by Crippen LogP contribution is -2.46. The molecule has 4 rings (SSSR count). The van der Waals surface area contributed by atoms with Gasteiger partial charge in [0.15, 0.2) is 17.5 Å². The summed E-state index contributed by atoms with van der Waals surface area (Å²) in [5.41, 5.74) is 0.971. The van der Waals surface area contributed by atoms with Crippen LogP contribution in [0.3, 0.4) is 0 Å². The number of piperidine rings is 1. The van der Waals surface area contributed by atoms with Gasteiger partial charge in [-0.1, -0.05) is 0 Å². The van der Waals surface area contributed by atoms with Crippen LogP contribution in [-0.4, -0.2) is 51.6 Å². The SMILES string of the molecule is CC(C)NC(=O)c1ccn2c(-c3nc(N[C@@H]4CNCC[C@H]4F)c(F)cc3F)cnc2c1. The predicted molar refractivity (Wildman–Crippen MR) is 111 cm³/mol. The molecule has 0 unspecified atom stereocenters. The molecule has 31 heavy (non-hydrogen) atoms. The number of halogens is 3. The number of hydrogen-bond acceptors (Lipinski definition) is 5. The summed E-state index contributed by atoms with van der Waals surface area (Å²) in [5.74, 6) is -2.25. The van der Waals surface area contributed by atoms with Crippen LogP contribution in [0.4, 0.5) is 19.0 Å². The van der Waals surface area contributed by atoms with Crippen LogP contribution >= 0.6 is 0 Å². The lowest BCUT2D eigenvalue weighted by molar-refractivity contribution is 0.0943. The maximum atomic E-state index is 14.6. The molecular formula is C21H23F3N6O. The molecule has 0 bridgehead atoms. The van der Waals surface area contributed by atoms with Crippen LogP contribution in [0.1, 0.15) is 30.6 Å². The number of anilines is 1. The van der Waals surface area contributed by atoms with Gasteiger partial charge in [0.1, 0.15) is 17.5 Å². The highest BCUT2D eigenvalue weighted by molar-refractivity contribution is 5.95. The molecule has 0 saturated carbocycles. The zero-order chi connectivity index (χ0) is 22.1. The molecule has 3 aromatic heterocycles. The van der Waals surface area contributed by atoms with Crippen LogP contribution in [0, 0.1) is 11.6 Å². The number of alkyl halides is 1. The molecule has 10 heteroatoms. The minimum atomic E-state index is -1.16. The summed E-state index contributed by atoms with van der Waals surface area (Å²) < 4.78 is 44.6. The predicted octanol–water partition coefficient (Wildman–Crippen LogP) is 2.92. The number of imidazole rings is 1. The normalized spacial score (nSPS) is 19.0. The molecule has 1 amide bonds. The van der Waals surface area contributed by atoms with Crippen molar-refractivity contribution >= 4 is 17.4 Å². The van der Waals surface area contributed by atoms with Gasteiger partial charge in [-0.05, 0) is 38.9 Å².